The minimum Gasteiger partial charge on any atom is -0.309 e. The van der Waals surface area contributed by atoms with Gasteiger partial charge in [-0.1, -0.05) is 18.0 Å². The van der Waals surface area contributed by atoms with Gasteiger partial charge in [0, 0.05) is 24.2 Å². The molecule has 0 aliphatic heterocycles. The van der Waals surface area contributed by atoms with Crippen LogP contribution in [-0.4, -0.2) is 35.5 Å². The normalized spacial score (nSPS) is 15.8. The lowest BCUT2D eigenvalue weighted by atomic mass is 10.1. The van der Waals surface area contributed by atoms with Crippen LogP contribution < -0.4 is 0 Å². The smallest absolute Gasteiger partial charge is 0.136 e. The summed E-state index contributed by atoms with van der Waals surface area (Å²) in [6, 6.07) is 0. The summed E-state index contributed by atoms with van der Waals surface area (Å²) < 4.78 is 0. The van der Waals surface area contributed by atoms with Gasteiger partial charge >= 0.3 is 0 Å². The van der Waals surface area contributed by atoms with Crippen molar-refractivity contribution < 1.29 is 0 Å². The first kappa shape index (κ1) is 12.8. The van der Waals surface area contributed by atoms with Crippen LogP contribution in [0.3, 0.4) is 0 Å². The number of rotatable bonds is 3. The van der Waals surface area contributed by atoms with Gasteiger partial charge in [-0.15, -0.1) is 0 Å². The summed E-state index contributed by atoms with van der Waals surface area (Å²) in [5.41, 5.74) is 2.38. The molecular weight excluding hydrogens is 234 g/mol. The van der Waals surface area contributed by atoms with Gasteiger partial charge in [0.05, 0.1) is 0 Å². The maximum Gasteiger partial charge on any atom is 0.136 e. The largest absolute Gasteiger partial charge is 0.309 e. The zero-order chi connectivity index (χ0) is 12.3. The molecule has 2 rings (SSSR count). The van der Waals surface area contributed by atoms with E-state index in [1.54, 1.807) is 0 Å². The molecule has 0 N–H and O–H groups in total. The van der Waals surface area contributed by atoms with E-state index in [0.29, 0.717) is 5.15 Å². The van der Waals surface area contributed by atoms with Gasteiger partial charge < -0.3 is 4.90 Å². The Kier molecular flexibility index (Phi) is 4.35. The molecule has 0 spiro atoms. The van der Waals surface area contributed by atoms with Crippen molar-refractivity contribution in [3.63, 3.8) is 0 Å². The highest BCUT2D eigenvalue weighted by Crippen LogP contribution is 2.24. The molecule has 0 bridgehead atoms. The molecule has 0 fully saturated rings. The van der Waals surface area contributed by atoms with E-state index in [9.17, 15) is 0 Å². The zero-order valence-corrected chi connectivity index (χ0v) is 11.4. The third kappa shape index (κ3) is 3.39. The van der Waals surface area contributed by atoms with Crippen LogP contribution in [0.5, 0.6) is 0 Å². The van der Waals surface area contributed by atoms with E-state index in [2.05, 4.69) is 29.0 Å². The molecule has 0 radical (unpaired) electrons. The van der Waals surface area contributed by atoms with Gasteiger partial charge in [-0.25, -0.2) is 9.97 Å². The highest BCUT2D eigenvalue weighted by molar-refractivity contribution is 6.30. The average Bonchev–Trinajstić information content (AvgIpc) is 2.51. The lowest BCUT2D eigenvalue weighted by Crippen LogP contribution is -2.17. The second-order valence-electron chi connectivity index (χ2n) is 4.97. The average molecular weight is 254 g/mol. The molecule has 1 aliphatic carbocycles. The van der Waals surface area contributed by atoms with Gasteiger partial charge in [-0.2, -0.15) is 0 Å². The molecule has 0 amide bonds. The van der Waals surface area contributed by atoms with Gasteiger partial charge in [-0.05, 0) is 39.8 Å². The van der Waals surface area contributed by atoms with Crippen molar-refractivity contribution in [1.82, 2.24) is 14.9 Å². The number of aromatic nitrogens is 2. The molecule has 17 heavy (non-hydrogen) atoms. The first-order chi connectivity index (χ1) is 8.16. The van der Waals surface area contributed by atoms with Crippen LogP contribution in [0.1, 0.15) is 36.3 Å². The van der Waals surface area contributed by atoms with E-state index in [1.807, 2.05) is 0 Å². The van der Waals surface area contributed by atoms with Crippen LogP contribution >= 0.6 is 11.6 Å². The molecule has 1 aliphatic rings. The molecule has 1 aromatic heterocycles. The molecule has 0 saturated heterocycles. The lowest BCUT2D eigenvalue weighted by Gasteiger charge is -2.11. The first-order valence-corrected chi connectivity index (χ1v) is 6.73. The van der Waals surface area contributed by atoms with Crippen LogP contribution in [0.4, 0.5) is 0 Å². The van der Waals surface area contributed by atoms with Gasteiger partial charge in [0.15, 0.2) is 0 Å². The number of fused-ring (bicyclic) bond motifs is 1. The summed E-state index contributed by atoms with van der Waals surface area (Å²) in [6.45, 7) is 0.967. The Labute approximate surface area is 108 Å². The number of halogens is 1. The molecule has 1 heterocycles. The molecule has 3 nitrogen and oxygen atoms in total. The Bertz CT molecular complexity index is 390. The second-order valence-corrected chi connectivity index (χ2v) is 5.33. The molecule has 0 unspecified atom stereocenters. The van der Waals surface area contributed by atoms with Gasteiger partial charge in [0.25, 0.3) is 0 Å². The van der Waals surface area contributed by atoms with E-state index in [1.165, 1.54) is 30.5 Å². The Morgan fingerprint density at radius 2 is 1.88 bits per heavy atom. The summed E-state index contributed by atoms with van der Waals surface area (Å²) in [5.74, 6) is 0.893. The summed E-state index contributed by atoms with van der Waals surface area (Å²) in [7, 11) is 4.12. The van der Waals surface area contributed by atoms with Gasteiger partial charge in [0.2, 0.25) is 0 Å². The fourth-order valence-corrected chi connectivity index (χ4v) is 2.51. The number of hydrogen-bond donors (Lipinski definition) is 0. The van der Waals surface area contributed by atoms with Crippen molar-refractivity contribution in [2.24, 2.45) is 0 Å². The highest BCUT2D eigenvalue weighted by Gasteiger charge is 2.15. The summed E-state index contributed by atoms with van der Waals surface area (Å²) in [5, 5.41) is 0.686. The number of likely N-dealkylation sites (N-methyl/N-ethyl adjacent to an activating group) is 1. The van der Waals surface area contributed by atoms with E-state index >= 15 is 0 Å². The SMILES string of the molecule is CN(C)CCc1nc(Cl)c2c(n1)CCCCC2. The summed E-state index contributed by atoms with van der Waals surface area (Å²) in [6.07, 6.45) is 6.70. The molecule has 4 heteroatoms. The van der Waals surface area contributed by atoms with Gasteiger partial charge in [0.1, 0.15) is 11.0 Å². The molecular formula is C13H20ClN3. The van der Waals surface area contributed by atoms with E-state index in [0.717, 1.165) is 31.6 Å². The maximum absolute atomic E-state index is 6.27. The van der Waals surface area contributed by atoms with Crippen molar-refractivity contribution >= 4 is 11.6 Å². The van der Waals surface area contributed by atoms with Crippen LogP contribution in [0, 0.1) is 0 Å². The monoisotopic (exact) mass is 253 g/mol. The van der Waals surface area contributed by atoms with E-state index < -0.39 is 0 Å². The number of hydrogen-bond acceptors (Lipinski definition) is 3. The molecule has 94 valence electrons. The fourth-order valence-electron chi connectivity index (χ4n) is 2.21. The molecule has 0 atom stereocenters. The van der Waals surface area contributed by atoms with Crippen LogP contribution in [0.15, 0.2) is 0 Å². The Hall–Kier alpha value is -0.670. The standard InChI is InChI=1S/C13H20ClN3/c1-17(2)9-8-12-15-11-7-5-3-4-6-10(11)13(14)16-12/h3-9H2,1-2H3. The van der Waals surface area contributed by atoms with Crippen molar-refractivity contribution in [3.8, 4) is 0 Å². The minimum absolute atomic E-state index is 0.686. The number of aryl methyl sites for hydroxylation is 1. The second kappa shape index (κ2) is 5.78. The molecule has 0 saturated carbocycles. The van der Waals surface area contributed by atoms with Gasteiger partial charge in [-0.3, -0.25) is 0 Å². The molecule has 1 aromatic rings. The van der Waals surface area contributed by atoms with Crippen molar-refractivity contribution in [1.29, 1.82) is 0 Å². The van der Waals surface area contributed by atoms with Crippen LogP contribution in [0.2, 0.25) is 5.15 Å². The Balaban J connectivity index is 2.20. The first-order valence-electron chi connectivity index (χ1n) is 6.35. The third-order valence-electron chi connectivity index (χ3n) is 3.21. The fraction of sp³-hybridized carbons (Fsp3) is 0.692. The van der Waals surface area contributed by atoms with Crippen LogP contribution in [0.25, 0.3) is 0 Å². The number of nitrogens with zero attached hydrogens (tertiary/aromatic N) is 3. The highest BCUT2D eigenvalue weighted by atomic mass is 35.5. The van der Waals surface area contributed by atoms with Crippen molar-refractivity contribution in [3.05, 3.63) is 22.2 Å². The maximum atomic E-state index is 6.27. The van der Waals surface area contributed by atoms with Crippen LogP contribution in [-0.2, 0) is 19.3 Å². The van der Waals surface area contributed by atoms with E-state index in [-0.39, 0.29) is 0 Å². The van der Waals surface area contributed by atoms with E-state index in [4.69, 9.17) is 11.6 Å². The summed E-state index contributed by atoms with van der Waals surface area (Å²) >= 11 is 6.27. The quantitative estimate of drug-likeness (QED) is 0.612. The molecule has 0 aromatic carbocycles. The topological polar surface area (TPSA) is 29.0 Å². The lowest BCUT2D eigenvalue weighted by molar-refractivity contribution is 0.409. The van der Waals surface area contributed by atoms with Crippen molar-refractivity contribution in [2.75, 3.05) is 20.6 Å². The minimum atomic E-state index is 0.686. The third-order valence-corrected chi connectivity index (χ3v) is 3.52. The van der Waals surface area contributed by atoms with Crippen molar-refractivity contribution in [2.45, 2.75) is 38.5 Å². The zero-order valence-electron chi connectivity index (χ0n) is 10.7. The summed E-state index contributed by atoms with van der Waals surface area (Å²) in [4.78, 5) is 11.3. The predicted octanol–water partition coefficient (Wildman–Crippen LogP) is 2.50. The Morgan fingerprint density at radius 3 is 2.65 bits per heavy atom. The Morgan fingerprint density at radius 1 is 1.12 bits per heavy atom. The predicted molar refractivity (Wildman–Crippen MR) is 70.6 cm³/mol.